The van der Waals surface area contributed by atoms with Crippen molar-refractivity contribution in [2.24, 2.45) is 7.05 Å². The predicted octanol–water partition coefficient (Wildman–Crippen LogP) is 2.80. The summed E-state index contributed by atoms with van der Waals surface area (Å²) in [5.41, 5.74) is 2.84. The van der Waals surface area contributed by atoms with Crippen molar-refractivity contribution >= 4 is 28.5 Å². The first-order valence-corrected chi connectivity index (χ1v) is 11.8. The van der Waals surface area contributed by atoms with Crippen LogP contribution >= 0.6 is 0 Å². The topological polar surface area (TPSA) is 103 Å². The second-order valence-corrected chi connectivity index (χ2v) is 8.87. The zero-order valence-corrected chi connectivity index (χ0v) is 20.0. The van der Waals surface area contributed by atoms with E-state index in [9.17, 15) is 9.59 Å². The maximum atomic E-state index is 14.2. The minimum atomic E-state index is -0.821. The van der Waals surface area contributed by atoms with E-state index < -0.39 is 6.10 Å². The quantitative estimate of drug-likeness (QED) is 0.438. The Morgan fingerprint density at radius 2 is 1.89 bits per heavy atom. The van der Waals surface area contributed by atoms with Gasteiger partial charge in [0.1, 0.15) is 11.4 Å². The van der Waals surface area contributed by atoms with Crippen LogP contribution in [0, 0.1) is 6.92 Å². The van der Waals surface area contributed by atoms with Gasteiger partial charge >= 0.3 is 0 Å². The standard InChI is InChI=1S/C26H25N5O5/c1-16-23-17(14-18(20-8-5-11-35-20)27-24(23)29(2)28-16)25(32)31-15-22(26(33)30-9-12-34-13-10-30)36-21-7-4-3-6-19(21)31/h3-8,11,14,22H,9-10,12-13,15H2,1-2H3. The Morgan fingerprint density at radius 1 is 1.08 bits per heavy atom. The van der Waals surface area contributed by atoms with Crippen LogP contribution in [0.25, 0.3) is 22.5 Å². The minimum Gasteiger partial charge on any atom is -0.476 e. The molecule has 1 aromatic carbocycles. The predicted molar refractivity (Wildman–Crippen MR) is 131 cm³/mol. The highest BCUT2D eigenvalue weighted by Crippen LogP contribution is 2.36. The maximum Gasteiger partial charge on any atom is 0.265 e. The van der Waals surface area contributed by atoms with Gasteiger partial charge in [-0.25, -0.2) is 4.98 Å². The number of ether oxygens (including phenoxy) is 2. The number of nitrogens with zero attached hydrogens (tertiary/aromatic N) is 5. The first-order chi connectivity index (χ1) is 17.5. The first-order valence-electron chi connectivity index (χ1n) is 11.8. The molecule has 1 unspecified atom stereocenters. The number of furan rings is 1. The van der Waals surface area contributed by atoms with Gasteiger partial charge in [-0.15, -0.1) is 0 Å². The number of hydrogen-bond donors (Lipinski definition) is 0. The van der Waals surface area contributed by atoms with E-state index in [-0.39, 0.29) is 18.4 Å². The molecule has 0 aliphatic carbocycles. The number of carbonyl (C=O) groups is 2. The summed E-state index contributed by atoms with van der Waals surface area (Å²) < 4.78 is 18.7. The molecule has 0 radical (unpaired) electrons. The monoisotopic (exact) mass is 487 g/mol. The molecule has 36 heavy (non-hydrogen) atoms. The lowest BCUT2D eigenvalue weighted by atomic mass is 10.0. The van der Waals surface area contributed by atoms with Gasteiger partial charge in [0.15, 0.2) is 17.5 Å². The molecule has 184 valence electrons. The van der Waals surface area contributed by atoms with Crippen LogP contribution in [-0.2, 0) is 16.6 Å². The van der Waals surface area contributed by atoms with Crippen LogP contribution in [0.1, 0.15) is 16.1 Å². The van der Waals surface area contributed by atoms with Crippen molar-refractivity contribution in [1.82, 2.24) is 19.7 Å². The third kappa shape index (κ3) is 3.70. The van der Waals surface area contributed by atoms with E-state index in [0.29, 0.717) is 71.5 Å². The van der Waals surface area contributed by atoms with Crippen molar-refractivity contribution < 1.29 is 23.5 Å². The van der Waals surface area contributed by atoms with E-state index in [1.165, 1.54) is 0 Å². The Labute approximate surface area is 207 Å². The lowest BCUT2D eigenvalue weighted by molar-refractivity contribution is -0.142. The molecule has 3 aromatic heterocycles. The van der Waals surface area contributed by atoms with Crippen molar-refractivity contribution in [2.45, 2.75) is 13.0 Å². The molecule has 6 rings (SSSR count). The average molecular weight is 488 g/mol. The van der Waals surface area contributed by atoms with E-state index in [1.54, 1.807) is 52.1 Å². The third-order valence-corrected chi connectivity index (χ3v) is 6.59. The number of pyridine rings is 1. The molecule has 1 saturated heterocycles. The zero-order valence-electron chi connectivity index (χ0n) is 20.0. The smallest absolute Gasteiger partial charge is 0.265 e. The SMILES string of the molecule is Cc1nn(C)c2nc(-c3ccco3)cc(C(=O)N3CC(C(=O)N4CCOCC4)Oc4ccccc43)c12. The second-order valence-electron chi connectivity index (χ2n) is 8.87. The van der Waals surface area contributed by atoms with Gasteiger partial charge in [-0.1, -0.05) is 12.1 Å². The second kappa shape index (κ2) is 8.80. The fourth-order valence-corrected chi connectivity index (χ4v) is 4.85. The molecule has 5 heterocycles. The Hall–Kier alpha value is -4.18. The van der Waals surface area contributed by atoms with Crippen molar-refractivity contribution in [3.8, 4) is 17.2 Å². The lowest BCUT2D eigenvalue weighted by Crippen LogP contribution is -2.54. The molecular formula is C26H25N5O5. The molecule has 1 fully saturated rings. The van der Waals surface area contributed by atoms with Gasteiger partial charge in [-0.2, -0.15) is 5.10 Å². The van der Waals surface area contributed by atoms with Crippen molar-refractivity contribution in [1.29, 1.82) is 0 Å². The molecule has 0 N–H and O–H groups in total. The Morgan fingerprint density at radius 3 is 2.67 bits per heavy atom. The molecule has 2 aliphatic rings. The van der Waals surface area contributed by atoms with Crippen LogP contribution in [0.5, 0.6) is 5.75 Å². The van der Waals surface area contributed by atoms with Crippen LogP contribution in [0.3, 0.4) is 0 Å². The molecule has 10 heteroatoms. The van der Waals surface area contributed by atoms with Crippen LogP contribution < -0.4 is 9.64 Å². The Balaban J connectivity index is 1.44. The van der Waals surface area contributed by atoms with Gasteiger partial charge in [0.2, 0.25) is 0 Å². The van der Waals surface area contributed by atoms with Crippen LogP contribution in [0.2, 0.25) is 0 Å². The minimum absolute atomic E-state index is 0.0885. The van der Waals surface area contributed by atoms with Crippen molar-refractivity contribution in [3.63, 3.8) is 0 Å². The Kier molecular flexibility index (Phi) is 5.45. The van der Waals surface area contributed by atoms with E-state index in [0.717, 1.165) is 0 Å². The lowest BCUT2D eigenvalue weighted by Gasteiger charge is -2.37. The number of aromatic nitrogens is 3. The molecule has 0 bridgehead atoms. The summed E-state index contributed by atoms with van der Waals surface area (Å²) in [6, 6.07) is 12.6. The van der Waals surface area contributed by atoms with Gasteiger partial charge < -0.3 is 23.7 Å². The number of para-hydroxylation sites is 2. The molecule has 10 nitrogen and oxygen atoms in total. The number of rotatable bonds is 3. The summed E-state index contributed by atoms with van der Waals surface area (Å²) in [4.78, 5) is 35.6. The number of fused-ring (bicyclic) bond motifs is 2. The number of amides is 2. The number of anilines is 1. The fraction of sp³-hybridized carbons (Fsp3) is 0.308. The molecule has 2 amide bonds. The van der Waals surface area contributed by atoms with E-state index in [2.05, 4.69) is 5.10 Å². The van der Waals surface area contributed by atoms with E-state index in [4.69, 9.17) is 18.9 Å². The molecule has 1 atom stereocenters. The molecule has 2 aliphatic heterocycles. The summed E-state index contributed by atoms with van der Waals surface area (Å²) in [6.07, 6.45) is 0.746. The molecule has 0 spiro atoms. The van der Waals surface area contributed by atoms with E-state index in [1.807, 2.05) is 25.1 Å². The number of benzene rings is 1. The summed E-state index contributed by atoms with van der Waals surface area (Å²) in [6.45, 7) is 3.92. The van der Waals surface area contributed by atoms with Gasteiger partial charge in [0.25, 0.3) is 11.8 Å². The van der Waals surface area contributed by atoms with Crippen molar-refractivity contribution in [3.05, 3.63) is 60.0 Å². The molecule has 4 aromatic rings. The summed E-state index contributed by atoms with van der Waals surface area (Å²) >= 11 is 0. The number of aryl methyl sites for hydroxylation is 2. The van der Waals surface area contributed by atoms with E-state index >= 15 is 0 Å². The highest BCUT2D eigenvalue weighted by molar-refractivity contribution is 6.15. The third-order valence-electron chi connectivity index (χ3n) is 6.59. The maximum absolute atomic E-state index is 14.2. The van der Waals surface area contributed by atoms with Crippen LogP contribution in [0.15, 0.2) is 53.1 Å². The first kappa shape index (κ1) is 22.3. The van der Waals surface area contributed by atoms with Gasteiger partial charge in [0, 0.05) is 20.1 Å². The van der Waals surface area contributed by atoms with Gasteiger partial charge in [0.05, 0.1) is 48.4 Å². The van der Waals surface area contributed by atoms with Crippen LogP contribution in [-0.4, -0.2) is 70.4 Å². The van der Waals surface area contributed by atoms with Crippen molar-refractivity contribution in [2.75, 3.05) is 37.7 Å². The fourth-order valence-electron chi connectivity index (χ4n) is 4.85. The highest BCUT2D eigenvalue weighted by Gasteiger charge is 2.37. The largest absolute Gasteiger partial charge is 0.476 e. The molecular weight excluding hydrogens is 462 g/mol. The highest BCUT2D eigenvalue weighted by atomic mass is 16.5. The normalized spacial score (nSPS) is 17.7. The number of carbonyl (C=O) groups excluding carboxylic acids is 2. The average Bonchev–Trinajstić information content (AvgIpc) is 3.55. The van der Waals surface area contributed by atoms with Gasteiger partial charge in [-0.3, -0.25) is 14.3 Å². The van der Waals surface area contributed by atoms with Crippen LogP contribution in [0.4, 0.5) is 5.69 Å². The summed E-state index contributed by atoms with van der Waals surface area (Å²) in [5, 5.41) is 5.17. The number of morpholine rings is 1. The van der Waals surface area contributed by atoms with Gasteiger partial charge in [-0.05, 0) is 37.3 Å². The molecule has 0 saturated carbocycles. The Bertz CT molecular complexity index is 1460. The zero-order chi connectivity index (χ0) is 24.8. The summed E-state index contributed by atoms with van der Waals surface area (Å²) in [7, 11) is 1.80. The summed E-state index contributed by atoms with van der Waals surface area (Å²) in [5.74, 6) is 0.622. The number of hydrogen-bond acceptors (Lipinski definition) is 7.